The van der Waals surface area contributed by atoms with Gasteiger partial charge in [-0.15, -0.1) is 0 Å². The fourth-order valence-electron chi connectivity index (χ4n) is 2.78. The Hall–Kier alpha value is -0.940. The van der Waals surface area contributed by atoms with Crippen molar-refractivity contribution < 1.29 is 4.52 Å². The van der Waals surface area contributed by atoms with Crippen molar-refractivity contribution in [2.45, 2.75) is 64.6 Å². The highest BCUT2D eigenvalue weighted by Gasteiger charge is 2.26. The molecular formula is C14H26N4O. The number of nitrogens with zero attached hydrogens (tertiary/aromatic N) is 3. The second-order valence-electron chi connectivity index (χ2n) is 5.74. The zero-order chi connectivity index (χ0) is 13.8. The lowest BCUT2D eigenvalue weighted by molar-refractivity contribution is 0.105. The molecule has 5 heteroatoms. The standard InChI is InChI=1S/C14H26N4O/c1-10(2)18-8-6-5-7-12(18)9-13-16-14(17-19-13)11(3)15-4/h10-12,15H,5-9H2,1-4H3. The molecule has 19 heavy (non-hydrogen) atoms. The number of hydrogen-bond donors (Lipinski definition) is 1. The molecule has 0 bridgehead atoms. The molecule has 0 aromatic carbocycles. The van der Waals surface area contributed by atoms with Crippen LogP contribution in [0.4, 0.5) is 0 Å². The third-order valence-corrected chi connectivity index (χ3v) is 4.05. The number of rotatable bonds is 5. The van der Waals surface area contributed by atoms with Crippen molar-refractivity contribution in [2.24, 2.45) is 0 Å². The molecule has 2 heterocycles. The monoisotopic (exact) mass is 266 g/mol. The Bertz CT molecular complexity index is 391. The first kappa shape index (κ1) is 14.5. The molecule has 1 aromatic heterocycles. The number of aromatic nitrogens is 2. The van der Waals surface area contributed by atoms with Gasteiger partial charge in [-0.25, -0.2) is 0 Å². The summed E-state index contributed by atoms with van der Waals surface area (Å²) in [6.07, 6.45) is 4.72. The first-order valence-corrected chi connectivity index (χ1v) is 7.37. The van der Waals surface area contributed by atoms with Crippen molar-refractivity contribution >= 4 is 0 Å². The van der Waals surface area contributed by atoms with Gasteiger partial charge in [0.05, 0.1) is 6.04 Å². The molecule has 2 atom stereocenters. The van der Waals surface area contributed by atoms with Crippen LogP contribution in [0.25, 0.3) is 0 Å². The van der Waals surface area contributed by atoms with E-state index in [4.69, 9.17) is 4.52 Å². The molecule has 1 N–H and O–H groups in total. The lowest BCUT2D eigenvalue weighted by Crippen LogP contribution is -2.45. The van der Waals surface area contributed by atoms with Gasteiger partial charge in [0.25, 0.3) is 0 Å². The van der Waals surface area contributed by atoms with Crippen LogP contribution >= 0.6 is 0 Å². The average Bonchev–Trinajstić information content (AvgIpc) is 2.86. The van der Waals surface area contributed by atoms with Crippen LogP contribution in [0, 0.1) is 0 Å². The third-order valence-electron chi connectivity index (χ3n) is 4.05. The van der Waals surface area contributed by atoms with E-state index in [0.29, 0.717) is 12.1 Å². The maximum Gasteiger partial charge on any atom is 0.228 e. The highest BCUT2D eigenvalue weighted by molar-refractivity contribution is 4.95. The zero-order valence-electron chi connectivity index (χ0n) is 12.5. The van der Waals surface area contributed by atoms with Crippen LogP contribution < -0.4 is 5.32 Å². The highest BCUT2D eigenvalue weighted by Crippen LogP contribution is 2.22. The summed E-state index contributed by atoms with van der Waals surface area (Å²) in [6, 6.07) is 1.28. The number of hydrogen-bond acceptors (Lipinski definition) is 5. The Morgan fingerprint density at radius 2 is 2.16 bits per heavy atom. The number of likely N-dealkylation sites (tertiary alicyclic amines) is 1. The van der Waals surface area contributed by atoms with Crippen molar-refractivity contribution in [1.29, 1.82) is 0 Å². The van der Waals surface area contributed by atoms with Crippen molar-refractivity contribution in [3.05, 3.63) is 11.7 Å². The smallest absolute Gasteiger partial charge is 0.228 e. The second-order valence-corrected chi connectivity index (χ2v) is 5.74. The van der Waals surface area contributed by atoms with E-state index in [-0.39, 0.29) is 6.04 Å². The van der Waals surface area contributed by atoms with Gasteiger partial charge in [-0.3, -0.25) is 4.90 Å². The molecule has 1 fully saturated rings. The lowest BCUT2D eigenvalue weighted by atomic mass is 9.98. The summed E-state index contributed by atoms with van der Waals surface area (Å²) in [5, 5.41) is 7.18. The summed E-state index contributed by atoms with van der Waals surface area (Å²) >= 11 is 0. The summed E-state index contributed by atoms with van der Waals surface area (Å²) in [6.45, 7) is 7.76. The molecule has 108 valence electrons. The molecular weight excluding hydrogens is 240 g/mol. The minimum atomic E-state index is 0.144. The van der Waals surface area contributed by atoms with Crippen molar-refractivity contribution in [3.8, 4) is 0 Å². The zero-order valence-corrected chi connectivity index (χ0v) is 12.5. The molecule has 0 radical (unpaired) electrons. The van der Waals surface area contributed by atoms with Gasteiger partial charge >= 0.3 is 0 Å². The van der Waals surface area contributed by atoms with Gasteiger partial charge in [0.2, 0.25) is 5.89 Å². The molecule has 0 saturated carbocycles. The van der Waals surface area contributed by atoms with Gasteiger partial charge in [-0.2, -0.15) is 4.98 Å². The Balaban J connectivity index is 2.00. The van der Waals surface area contributed by atoms with E-state index < -0.39 is 0 Å². The van der Waals surface area contributed by atoms with Crippen molar-refractivity contribution in [1.82, 2.24) is 20.4 Å². The first-order valence-electron chi connectivity index (χ1n) is 7.37. The van der Waals surface area contributed by atoms with Gasteiger partial charge < -0.3 is 9.84 Å². The third kappa shape index (κ3) is 3.54. The second kappa shape index (κ2) is 6.48. The lowest BCUT2D eigenvalue weighted by Gasteiger charge is -2.38. The molecule has 5 nitrogen and oxygen atoms in total. The molecule has 1 aromatic rings. The SMILES string of the molecule is CNC(C)c1noc(CC2CCCCN2C(C)C)n1. The van der Waals surface area contributed by atoms with Crippen molar-refractivity contribution in [2.75, 3.05) is 13.6 Å². The van der Waals surface area contributed by atoms with Gasteiger partial charge in [0, 0.05) is 18.5 Å². The van der Waals surface area contributed by atoms with E-state index in [9.17, 15) is 0 Å². The van der Waals surface area contributed by atoms with Gasteiger partial charge in [-0.05, 0) is 47.2 Å². The van der Waals surface area contributed by atoms with Crippen molar-refractivity contribution in [3.63, 3.8) is 0 Å². The molecule has 0 spiro atoms. The topological polar surface area (TPSA) is 54.2 Å². The number of piperidine rings is 1. The molecule has 1 aliphatic rings. The summed E-state index contributed by atoms with van der Waals surface area (Å²) in [7, 11) is 1.91. The van der Waals surface area contributed by atoms with Crippen LogP contribution in [0.3, 0.4) is 0 Å². The van der Waals surface area contributed by atoms with E-state index in [1.54, 1.807) is 0 Å². The summed E-state index contributed by atoms with van der Waals surface area (Å²) in [5.74, 6) is 1.53. The van der Waals surface area contributed by atoms with E-state index in [0.717, 1.165) is 18.1 Å². The van der Waals surface area contributed by atoms with E-state index in [1.807, 2.05) is 14.0 Å². The van der Waals surface area contributed by atoms with Crippen LogP contribution in [0.2, 0.25) is 0 Å². The predicted octanol–water partition coefficient (Wildman–Crippen LogP) is 2.16. The first-order chi connectivity index (χ1) is 9.11. The van der Waals surface area contributed by atoms with Gasteiger partial charge in [-0.1, -0.05) is 11.6 Å². The van der Waals surface area contributed by atoms with Crippen LogP contribution in [0.15, 0.2) is 4.52 Å². The van der Waals surface area contributed by atoms with Gasteiger partial charge in [0.1, 0.15) is 0 Å². The van der Waals surface area contributed by atoms with E-state index in [2.05, 4.69) is 34.2 Å². The Morgan fingerprint density at radius 1 is 1.37 bits per heavy atom. The maximum atomic E-state index is 5.39. The molecule has 1 saturated heterocycles. The molecule has 1 aliphatic heterocycles. The maximum absolute atomic E-state index is 5.39. The fraction of sp³-hybridized carbons (Fsp3) is 0.857. The number of nitrogens with one attached hydrogen (secondary N) is 1. The van der Waals surface area contributed by atoms with Crippen LogP contribution in [-0.4, -0.2) is 40.7 Å². The van der Waals surface area contributed by atoms with Crippen LogP contribution in [-0.2, 0) is 6.42 Å². The van der Waals surface area contributed by atoms with Crippen LogP contribution in [0.5, 0.6) is 0 Å². The Morgan fingerprint density at radius 3 is 2.84 bits per heavy atom. The minimum Gasteiger partial charge on any atom is -0.339 e. The molecule has 2 rings (SSSR count). The van der Waals surface area contributed by atoms with E-state index >= 15 is 0 Å². The van der Waals surface area contributed by atoms with Gasteiger partial charge in [0.15, 0.2) is 5.82 Å². The highest BCUT2D eigenvalue weighted by atomic mass is 16.5. The fourth-order valence-corrected chi connectivity index (χ4v) is 2.78. The molecule has 0 amide bonds. The predicted molar refractivity (Wildman–Crippen MR) is 75.0 cm³/mol. The summed E-state index contributed by atoms with van der Waals surface area (Å²) in [5.41, 5.74) is 0. The normalized spacial score (nSPS) is 22.9. The summed E-state index contributed by atoms with van der Waals surface area (Å²) < 4.78 is 5.39. The largest absolute Gasteiger partial charge is 0.339 e. The molecule has 0 aliphatic carbocycles. The molecule has 2 unspecified atom stereocenters. The summed E-state index contributed by atoms with van der Waals surface area (Å²) in [4.78, 5) is 7.07. The van der Waals surface area contributed by atoms with E-state index in [1.165, 1.54) is 25.8 Å². The van der Waals surface area contributed by atoms with Crippen LogP contribution in [0.1, 0.15) is 57.8 Å². The Kier molecular flexibility index (Phi) is 4.93. The minimum absolute atomic E-state index is 0.144. The quantitative estimate of drug-likeness (QED) is 0.885. The Labute approximate surface area is 115 Å². The average molecular weight is 266 g/mol.